The van der Waals surface area contributed by atoms with Crippen molar-refractivity contribution in [1.82, 2.24) is 9.97 Å². The average molecular weight is 353 g/mol. The van der Waals surface area contributed by atoms with Crippen LogP contribution in [0.4, 0.5) is 0 Å². The fraction of sp³-hybridized carbons (Fsp3) is 0.286. The van der Waals surface area contributed by atoms with Crippen molar-refractivity contribution < 1.29 is 9.53 Å². The van der Waals surface area contributed by atoms with Crippen LogP contribution in [0.2, 0.25) is 0 Å². The van der Waals surface area contributed by atoms with Gasteiger partial charge < -0.3 is 9.72 Å². The van der Waals surface area contributed by atoms with Crippen molar-refractivity contribution in [3.8, 4) is 11.3 Å². The van der Waals surface area contributed by atoms with E-state index in [1.54, 1.807) is 6.20 Å². The van der Waals surface area contributed by atoms with Gasteiger partial charge in [0.1, 0.15) is 11.4 Å². The second-order valence-corrected chi connectivity index (χ2v) is 6.81. The summed E-state index contributed by atoms with van der Waals surface area (Å²) >= 11 is 4.84. The maximum Gasteiger partial charge on any atom is 0.319 e. The summed E-state index contributed by atoms with van der Waals surface area (Å²) in [6.07, 6.45) is 2.52. The van der Waals surface area contributed by atoms with E-state index >= 15 is 0 Å². The van der Waals surface area contributed by atoms with Gasteiger partial charge in [-0.3, -0.25) is 4.79 Å². The lowest BCUT2D eigenvalue weighted by atomic mass is 10.2. The monoisotopic (exact) mass is 352 g/mol. The number of hydrogen-bond acceptors (Lipinski definition) is 4. The first-order valence-corrected chi connectivity index (χ1v) is 7.97. The quantitative estimate of drug-likeness (QED) is 0.856. The highest BCUT2D eigenvalue weighted by Gasteiger charge is 2.33. The van der Waals surface area contributed by atoms with Gasteiger partial charge in [-0.05, 0) is 24.6 Å². The summed E-state index contributed by atoms with van der Waals surface area (Å²) in [6, 6.07) is 7.99. The molecular weight excluding hydrogens is 340 g/mol. The van der Waals surface area contributed by atoms with E-state index in [-0.39, 0.29) is 17.3 Å². The maximum absolute atomic E-state index is 11.6. The average Bonchev–Trinajstić information content (AvgIpc) is 2.98. The zero-order valence-electron chi connectivity index (χ0n) is 10.8. The molecule has 104 valence electrons. The Kier molecular flexibility index (Phi) is 3.85. The number of hydrogen-bond donors (Lipinski definition) is 1. The summed E-state index contributed by atoms with van der Waals surface area (Å²) in [5.41, 5.74) is 2.01. The van der Waals surface area contributed by atoms with Gasteiger partial charge in [0.25, 0.3) is 0 Å². The van der Waals surface area contributed by atoms with Crippen molar-refractivity contribution in [1.29, 1.82) is 0 Å². The topological polar surface area (TPSA) is 55.0 Å². The molecule has 2 atom stereocenters. The zero-order chi connectivity index (χ0) is 14.1. The summed E-state index contributed by atoms with van der Waals surface area (Å²) in [4.78, 5) is 19.2. The van der Waals surface area contributed by atoms with E-state index in [4.69, 9.17) is 4.74 Å². The van der Waals surface area contributed by atoms with Gasteiger partial charge >= 0.3 is 5.97 Å². The maximum atomic E-state index is 11.6. The van der Waals surface area contributed by atoms with Crippen LogP contribution in [0.1, 0.15) is 13.3 Å². The third-order valence-electron chi connectivity index (χ3n) is 3.09. The largest absolute Gasteiger partial charge is 0.462 e. The first-order valence-electron chi connectivity index (χ1n) is 6.30. The minimum Gasteiger partial charge on any atom is -0.462 e. The number of cyclic esters (lactones) is 1. The van der Waals surface area contributed by atoms with E-state index < -0.39 is 0 Å². The Morgan fingerprint density at radius 3 is 2.80 bits per heavy atom. The van der Waals surface area contributed by atoms with Gasteiger partial charge in [-0.2, -0.15) is 0 Å². The molecule has 0 radical (unpaired) electrons. The molecule has 1 aromatic heterocycles. The van der Waals surface area contributed by atoms with E-state index in [0.717, 1.165) is 27.3 Å². The normalized spacial score (nSPS) is 22.0. The fourth-order valence-electron chi connectivity index (χ4n) is 2.09. The molecule has 1 fully saturated rings. The van der Waals surface area contributed by atoms with Crippen LogP contribution in [0, 0.1) is 0 Å². The second-order valence-electron chi connectivity index (χ2n) is 4.70. The Hall–Kier alpha value is -1.27. The van der Waals surface area contributed by atoms with Crippen molar-refractivity contribution in [3.05, 3.63) is 34.9 Å². The number of carbonyl (C=O) groups is 1. The van der Waals surface area contributed by atoms with Gasteiger partial charge in [0.15, 0.2) is 5.16 Å². The fourth-order valence-corrected chi connectivity index (χ4v) is 3.43. The van der Waals surface area contributed by atoms with Gasteiger partial charge in [0, 0.05) is 10.9 Å². The number of nitrogens with one attached hydrogen (secondary N) is 1. The Bertz CT molecular complexity index is 626. The van der Waals surface area contributed by atoms with Crippen LogP contribution in [0.5, 0.6) is 0 Å². The molecular formula is C14H13BrN2O2S. The SMILES string of the molecule is C[C@@H]1C[C@@H](Sc2ncc(-c3ccc(Br)cc3)[nH]2)C(=O)O1. The van der Waals surface area contributed by atoms with Crippen LogP contribution in [-0.2, 0) is 9.53 Å². The van der Waals surface area contributed by atoms with Crippen molar-refractivity contribution in [2.75, 3.05) is 0 Å². The Balaban J connectivity index is 1.74. The summed E-state index contributed by atoms with van der Waals surface area (Å²) in [6.45, 7) is 1.91. The number of carbonyl (C=O) groups excluding carboxylic acids is 1. The molecule has 1 aromatic carbocycles. The minimum absolute atomic E-state index is 0.000839. The van der Waals surface area contributed by atoms with E-state index in [1.807, 2.05) is 31.2 Å². The summed E-state index contributed by atoms with van der Waals surface area (Å²) in [5.74, 6) is -0.149. The Morgan fingerprint density at radius 1 is 1.40 bits per heavy atom. The third kappa shape index (κ3) is 2.91. The van der Waals surface area contributed by atoms with Crippen molar-refractivity contribution >= 4 is 33.7 Å². The van der Waals surface area contributed by atoms with Gasteiger partial charge in [-0.15, -0.1) is 0 Å². The molecule has 0 aliphatic carbocycles. The van der Waals surface area contributed by atoms with Gasteiger partial charge in [-0.1, -0.05) is 39.8 Å². The summed E-state index contributed by atoms with van der Waals surface area (Å²) < 4.78 is 6.18. The molecule has 2 aromatic rings. The number of aromatic amines is 1. The van der Waals surface area contributed by atoms with Crippen LogP contribution in [-0.4, -0.2) is 27.3 Å². The van der Waals surface area contributed by atoms with Crippen LogP contribution in [0.25, 0.3) is 11.3 Å². The number of ether oxygens (including phenoxy) is 1. The van der Waals surface area contributed by atoms with Crippen molar-refractivity contribution in [2.45, 2.75) is 29.9 Å². The molecule has 2 heterocycles. The molecule has 20 heavy (non-hydrogen) atoms. The molecule has 0 spiro atoms. The smallest absolute Gasteiger partial charge is 0.319 e. The molecule has 6 heteroatoms. The highest BCUT2D eigenvalue weighted by molar-refractivity contribution is 9.10. The number of rotatable bonds is 3. The third-order valence-corrected chi connectivity index (χ3v) is 4.72. The highest BCUT2D eigenvalue weighted by Crippen LogP contribution is 2.31. The Labute approximate surface area is 129 Å². The minimum atomic E-state index is -0.158. The van der Waals surface area contributed by atoms with Crippen LogP contribution < -0.4 is 0 Å². The van der Waals surface area contributed by atoms with Crippen LogP contribution in [0.15, 0.2) is 40.1 Å². The molecule has 1 saturated heterocycles. The number of benzene rings is 1. The molecule has 1 N–H and O–H groups in total. The number of nitrogens with zero attached hydrogens (tertiary/aromatic N) is 1. The van der Waals surface area contributed by atoms with E-state index in [2.05, 4.69) is 25.9 Å². The first-order chi connectivity index (χ1) is 9.61. The number of halogens is 1. The first kappa shape index (κ1) is 13.7. The molecule has 0 amide bonds. The van der Waals surface area contributed by atoms with Gasteiger partial charge in [-0.25, -0.2) is 4.98 Å². The van der Waals surface area contributed by atoms with E-state index in [0.29, 0.717) is 0 Å². The van der Waals surface area contributed by atoms with E-state index in [9.17, 15) is 4.79 Å². The number of esters is 1. The van der Waals surface area contributed by atoms with Gasteiger partial charge in [0.05, 0.1) is 11.9 Å². The molecule has 1 aliphatic rings. The molecule has 0 unspecified atom stereocenters. The number of aromatic nitrogens is 2. The highest BCUT2D eigenvalue weighted by atomic mass is 79.9. The molecule has 4 nitrogen and oxygen atoms in total. The van der Waals surface area contributed by atoms with Crippen LogP contribution >= 0.6 is 27.7 Å². The lowest BCUT2D eigenvalue weighted by Crippen LogP contribution is -2.09. The van der Waals surface area contributed by atoms with E-state index in [1.165, 1.54) is 11.8 Å². The predicted octanol–water partition coefficient (Wildman–Crippen LogP) is 3.64. The van der Waals surface area contributed by atoms with Gasteiger partial charge in [0.2, 0.25) is 0 Å². The molecule has 0 saturated carbocycles. The summed E-state index contributed by atoms with van der Waals surface area (Å²) in [7, 11) is 0. The molecule has 3 rings (SSSR count). The predicted molar refractivity (Wildman–Crippen MR) is 81.5 cm³/mol. The van der Waals surface area contributed by atoms with Crippen LogP contribution in [0.3, 0.4) is 0 Å². The second kappa shape index (κ2) is 5.61. The molecule has 1 aliphatic heterocycles. The number of imidazole rings is 1. The lowest BCUT2D eigenvalue weighted by molar-refractivity contribution is -0.140. The Morgan fingerprint density at radius 2 is 2.15 bits per heavy atom. The number of H-pyrrole nitrogens is 1. The lowest BCUT2D eigenvalue weighted by Gasteiger charge is -2.01. The van der Waals surface area contributed by atoms with Crippen molar-refractivity contribution in [2.24, 2.45) is 0 Å². The molecule has 0 bridgehead atoms. The summed E-state index contributed by atoms with van der Waals surface area (Å²) in [5, 5.41) is 0.591. The standard InChI is InChI=1S/C14H13BrN2O2S/c1-8-6-12(13(18)19-8)20-14-16-7-11(17-14)9-2-4-10(15)5-3-9/h2-5,7-8,12H,6H2,1H3,(H,16,17)/t8-,12-/m1/s1. The number of thioether (sulfide) groups is 1. The zero-order valence-corrected chi connectivity index (χ0v) is 13.2. The van der Waals surface area contributed by atoms with Crippen molar-refractivity contribution in [3.63, 3.8) is 0 Å².